The van der Waals surface area contributed by atoms with Gasteiger partial charge in [0.05, 0.1) is 5.69 Å². The van der Waals surface area contributed by atoms with Crippen molar-refractivity contribution in [2.24, 2.45) is 0 Å². The molecule has 0 aliphatic heterocycles. The van der Waals surface area contributed by atoms with Gasteiger partial charge in [0.2, 0.25) is 0 Å². The summed E-state index contributed by atoms with van der Waals surface area (Å²) in [7, 11) is 0. The predicted octanol–water partition coefficient (Wildman–Crippen LogP) is 13.2. The molecule has 0 aliphatic carbocycles. The first kappa shape index (κ1) is 27.9. The maximum atomic E-state index is 6.32. The lowest BCUT2D eigenvalue weighted by Crippen LogP contribution is -2.11. The van der Waals surface area contributed by atoms with Gasteiger partial charge < -0.3 is 9.32 Å². The third-order valence-corrected chi connectivity index (χ3v) is 9.25. The number of anilines is 3. The summed E-state index contributed by atoms with van der Waals surface area (Å²) in [6.07, 6.45) is 0. The Hall–Kier alpha value is -6.38. The molecule has 0 atom stereocenters. The SMILES string of the molecule is c1ccc(-c2ccc(-c3ccccc3N(c3cccc(-c4cc5ccccc5o4)c3)c3ccc4c(ccc5ccccc54)c3)cc2)cc1. The first-order valence-electron chi connectivity index (χ1n) is 16.3. The molecule has 9 rings (SSSR count). The Morgan fingerprint density at radius 3 is 1.88 bits per heavy atom. The fourth-order valence-corrected chi connectivity index (χ4v) is 6.87. The number of nitrogens with zero attached hydrogens (tertiary/aromatic N) is 1. The quantitative estimate of drug-likeness (QED) is 0.174. The zero-order chi connectivity index (χ0) is 31.9. The topological polar surface area (TPSA) is 16.4 Å². The van der Waals surface area contributed by atoms with Crippen LogP contribution in [0.1, 0.15) is 0 Å². The molecule has 9 aromatic rings. The zero-order valence-corrected chi connectivity index (χ0v) is 26.3. The standard InChI is InChI=1S/C46H31NO/c1-2-11-32(12-3-1)33-21-23-35(24-22-33)43-18-7-8-19-44(43)47(40-27-28-42-36(29-40)26-25-34-13-4-6-17-41(34)42)39-16-10-15-37(30-39)46-31-38-14-5-9-20-45(38)48-46/h1-31H. The zero-order valence-electron chi connectivity index (χ0n) is 26.3. The normalized spacial score (nSPS) is 11.3. The minimum absolute atomic E-state index is 0.854. The molecule has 0 aliphatic rings. The largest absolute Gasteiger partial charge is 0.456 e. The Balaban J connectivity index is 1.22. The Morgan fingerprint density at radius 1 is 0.354 bits per heavy atom. The van der Waals surface area contributed by atoms with Crippen molar-refractivity contribution in [3.05, 3.63) is 188 Å². The van der Waals surface area contributed by atoms with Gasteiger partial charge in [0.15, 0.2) is 0 Å². The summed E-state index contributed by atoms with van der Waals surface area (Å²) < 4.78 is 6.32. The molecule has 0 N–H and O–H groups in total. The molecule has 0 saturated carbocycles. The molecule has 226 valence electrons. The molecule has 2 heteroatoms. The Labute approximate surface area is 279 Å². The van der Waals surface area contributed by atoms with Crippen LogP contribution in [0.5, 0.6) is 0 Å². The van der Waals surface area contributed by atoms with Crippen molar-refractivity contribution >= 4 is 49.6 Å². The molecule has 0 spiro atoms. The molecule has 0 saturated heterocycles. The number of hydrogen-bond donors (Lipinski definition) is 0. The Bertz CT molecular complexity index is 2530. The van der Waals surface area contributed by atoms with Gasteiger partial charge in [-0.1, -0.05) is 146 Å². The molecule has 1 heterocycles. The summed E-state index contributed by atoms with van der Waals surface area (Å²) in [5.41, 5.74) is 9.91. The monoisotopic (exact) mass is 613 g/mol. The van der Waals surface area contributed by atoms with E-state index in [0.717, 1.165) is 50.5 Å². The number of hydrogen-bond acceptors (Lipinski definition) is 2. The van der Waals surface area contributed by atoms with Crippen molar-refractivity contribution < 1.29 is 4.42 Å². The minimum atomic E-state index is 0.854. The van der Waals surface area contributed by atoms with Crippen molar-refractivity contribution in [2.45, 2.75) is 0 Å². The molecule has 2 nitrogen and oxygen atoms in total. The van der Waals surface area contributed by atoms with Crippen LogP contribution in [0.3, 0.4) is 0 Å². The molecule has 1 aromatic heterocycles. The van der Waals surface area contributed by atoms with E-state index in [0.29, 0.717) is 0 Å². The van der Waals surface area contributed by atoms with E-state index in [9.17, 15) is 0 Å². The molecule has 0 radical (unpaired) electrons. The second-order valence-corrected chi connectivity index (χ2v) is 12.2. The number of rotatable bonds is 6. The number of fused-ring (bicyclic) bond motifs is 4. The van der Waals surface area contributed by atoms with Gasteiger partial charge in [0.1, 0.15) is 11.3 Å². The highest BCUT2D eigenvalue weighted by molar-refractivity contribution is 6.08. The third kappa shape index (κ3) is 5.01. The van der Waals surface area contributed by atoms with Crippen LogP contribution in [0.4, 0.5) is 17.1 Å². The first-order valence-corrected chi connectivity index (χ1v) is 16.3. The van der Waals surface area contributed by atoms with Crippen LogP contribution >= 0.6 is 0 Å². The van der Waals surface area contributed by atoms with Crippen LogP contribution in [0, 0.1) is 0 Å². The van der Waals surface area contributed by atoms with Gasteiger partial charge in [0.25, 0.3) is 0 Å². The second-order valence-electron chi connectivity index (χ2n) is 12.2. The van der Waals surface area contributed by atoms with E-state index < -0.39 is 0 Å². The van der Waals surface area contributed by atoms with Gasteiger partial charge in [-0.2, -0.15) is 0 Å². The number of furan rings is 1. The molecule has 8 aromatic carbocycles. The first-order chi connectivity index (χ1) is 23.8. The van der Waals surface area contributed by atoms with Gasteiger partial charge in [-0.25, -0.2) is 0 Å². The number of para-hydroxylation sites is 2. The molecule has 0 fully saturated rings. The van der Waals surface area contributed by atoms with Gasteiger partial charge in [-0.05, 0) is 80.7 Å². The third-order valence-electron chi connectivity index (χ3n) is 9.25. The van der Waals surface area contributed by atoms with Crippen LogP contribution in [0.15, 0.2) is 192 Å². The average molecular weight is 614 g/mol. The van der Waals surface area contributed by atoms with E-state index in [1.54, 1.807) is 0 Å². The lowest BCUT2D eigenvalue weighted by molar-refractivity contribution is 0.631. The van der Waals surface area contributed by atoms with Crippen LogP contribution in [-0.4, -0.2) is 0 Å². The predicted molar refractivity (Wildman–Crippen MR) is 202 cm³/mol. The van der Waals surface area contributed by atoms with E-state index in [-0.39, 0.29) is 0 Å². The summed E-state index contributed by atoms with van der Waals surface area (Å²) in [5.74, 6) is 0.854. The molecule has 0 amide bonds. The van der Waals surface area contributed by atoms with Crippen LogP contribution in [-0.2, 0) is 0 Å². The lowest BCUT2D eigenvalue weighted by Gasteiger charge is -2.28. The van der Waals surface area contributed by atoms with Gasteiger partial charge in [-0.15, -0.1) is 0 Å². The molecular weight excluding hydrogens is 583 g/mol. The van der Waals surface area contributed by atoms with E-state index in [1.165, 1.54) is 32.7 Å². The minimum Gasteiger partial charge on any atom is -0.456 e. The fourth-order valence-electron chi connectivity index (χ4n) is 6.87. The van der Waals surface area contributed by atoms with E-state index in [2.05, 4.69) is 175 Å². The van der Waals surface area contributed by atoms with Gasteiger partial charge in [-0.3, -0.25) is 0 Å². The van der Waals surface area contributed by atoms with E-state index in [1.807, 2.05) is 18.2 Å². The summed E-state index contributed by atoms with van der Waals surface area (Å²) in [4.78, 5) is 2.38. The van der Waals surface area contributed by atoms with Crippen molar-refractivity contribution in [1.82, 2.24) is 0 Å². The average Bonchev–Trinajstić information content (AvgIpc) is 3.60. The summed E-state index contributed by atoms with van der Waals surface area (Å²) >= 11 is 0. The van der Waals surface area contributed by atoms with Crippen molar-refractivity contribution in [2.75, 3.05) is 4.90 Å². The second kappa shape index (κ2) is 11.8. The van der Waals surface area contributed by atoms with E-state index >= 15 is 0 Å². The van der Waals surface area contributed by atoms with Crippen LogP contribution in [0.2, 0.25) is 0 Å². The molecule has 0 bridgehead atoms. The van der Waals surface area contributed by atoms with Crippen molar-refractivity contribution in [1.29, 1.82) is 0 Å². The molecule has 48 heavy (non-hydrogen) atoms. The Kier molecular flexibility index (Phi) is 6.84. The molecular formula is C46H31NO. The van der Waals surface area contributed by atoms with E-state index in [4.69, 9.17) is 4.42 Å². The van der Waals surface area contributed by atoms with Crippen LogP contribution in [0.25, 0.3) is 66.1 Å². The Morgan fingerprint density at radius 2 is 1.00 bits per heavy atom. The molecule has 0 unspecified atom stereocenters. The van der Waals surface area contributed by atoms with Gasteiger partial charge >= 0.3 is 0 Å². The highest BCUT2D eigenvalue weighted by Crippen LogP contribution is 2.43. The fraction of sp³-hybridized carbons (Fsp3) is 0. The van der Waals surface area contributed by atoms with Crippen molar-refractivity contribution in [3.63, 3.8) is 0 Å². The maximum absolute atomic E-state index is 6.32. The number of benzene rings is 8. The summed E-state index contributed by atoms with van der Waals surface area (Å²) in [6, 6.07) is 67.0. The maximum Gasteiger partial charge on any atom is 0.135 e. The van der Waals surface area contributed by atoms with Crippen molar-refractivity contribution in [3.8, 4) is 33.6 Å². The van der Waals surface area contributed by atoms with Crippen LogP contribution < -0.4 is 4.90 Å². The lowest BCUT2D eigenvalue weighted by atomic mass is 9.97. The smallest absolute Gasteiger partial charge is 0.135 e. The highest BCUT2D eigenvalue weighted by atomic mass is 16.3. The van der Waals surface area contributed by atoms with Gasteiger partial charge in [0, 0.05) is 27.9 Å². The highest BCUT2D eigenvalue weighted by Gasteiger charge is 2.19. The summed E-state index contributed by atoms with van der Waals surface area (Å²) in [6.45, 7) is 0. The summed E-state index contributed by atoms with van der Waals surface area (Å²) in [5, 5.41) is 6.06.